The zero-order valence-electron chi connectivity index (χ0n) is 24.6. The number of para-hydroxylation sites is 1. The first-order valence-electron chi connectivity index (χ1n) is 14.0. The van der Waals surface area contributed by atoms with E-state index < -0.39 is 11.8 Å². The number of nitrogens with one attached hydrogen (secondary N) is 3. The summed E-state index contributed by atoms with van der Waals surface area (Å²) in [6.45, 7) is 8.18. The van der Waals surface area contributed by atoms with Gasteiger partial charge < -0.3 is 20.7 Å². The van der Waals surface area contributed by atoms with Crippen molar-refractivity contribution in [2.45, 2.75) is 37.8 Å². The Labute approximate surface area is 256 Å². The molecule has 0 aliphatic heterocycles. The monoisotopic (exact) mass is 593 g/mol. The molecule has 0 spiro atoms. The summed E-state index contributed by atoms with van der Waals surface area (Å²) in [4.78, 5) is 40.1. The Hall–Kier alpha value is -4.82. The second-order valence-electron chi connectivity index (χ2n) is 9.95. The SMILES string of the molecule is CCOc1ccccc1/C=C(\NC(=O)c1ccccc1)C(=O)Nc1ccc(SC(C)C(=O)Nc2cc(C)cc(C)c2)cc1. The standard InChI is InChI=1S/C35H35N3O4S/c1-5-42-32-14-10-9-13-27(32)22-31(38-34(40)26-11-7-6-8-12-26)35(41)36-28-15-17-30(18-16-28)43-25(4)33(39)37-29-20-23(2)19-24(3)21-29/h6-22,25H,5H2,1-4H3,(H,36,41)(H,37,39)(H,38,40)/b31-22-. The van der Waals surface area contributed by atoms with Gasteiger partial charge in [-0.3, -0.25) is 14.4 Å². The number of rotatable bonds is 11. The zero-order valence-corrected chi connectivity index (χ0v) is 25.5. The number of carbonyl (C=O) groups is 3. The predicted molar refractivity (Wildman–Crippen MR) is 174 cm³/mol. The van der Waals surface area contributed by atoms with Crippen LogP contribution in [0.3, 0.4) is 0 Å². The summed E-state index contributed by atoms with van der Waals surface area (Å²) in [5, 5.41) is 8.27. The Morgan fingerprint density at radius 1 is 0.814 bits per heavy atom. The maximum atomic E-state index is 13.4. The highest BCUT2D eigenvalue weighted by atomic mass is 32.2. The summed E-state index contributed by atoms with van der Waals surface area (Å²) in [6, 6.07) is 29.2. The van der Waals surface area contributed by atoms with Crippen molar-refractivity contribution >= 4 is 46.9 Å². The van der Waals surface area contributed by atoms with Crippen LogP contribution in [0.2, 0.25) is 0 Å². The van der Waals surface area contributed by atoms with Gasteiger partial charge in [-0.05, 0) is 99.5 Å². The van der Waals surface area contributed by atoms with E-state index in [0.29, 0.717) is 29.2 Å². The highest BCUT2D eigenvalue weighted by molar-refractivity contribution is 8.00. The van der Waals surface area contributed by atoms with E-state index in [1.165, 1.54) is 11.8 Å². The number of thioether (sulfide) groups is 1. The summed E-state index contributed by atoms with van der Waals surface area (Å²) in [7, 11) is 0. The van der Waals surface area contributed by atoms with Gasteiger partial charge in [0.15, 0.2) is 0 Å². The lowest BCUT2D eigenvalue weighted by Gasteiger charge is -2.14. The van der Waals surface area contributed by atoms with Crippen molar-refractivity contribution in [2.24, 2.45) is 0 Å². The van der Waals surface area contributed by atoms with Crippen molar-refractivity contribution in [3.63, 3.8) is 0 Å². The molecule has 0 fully saturated rings. The molecule has 3 N–H and O–H groups in total. The molecule has 1 atom stereocenters. The molecule has 3 amide bonds. The first kappa shape index (κ1) is 31.1. The van der Waals surface area contributed by atoms with E-state index in [9.17, 15) is 14.4 Å². The van der Waals surface area contributed by atoms with Gasteiger partial charge in [-0.2, -0.15) is 0 Å². The van der Waals surface area contributed by atoms with Crippen LogP contribution in [0.25, 0.3) is 6.08 Å². The van der Waals surface area contributed by atoms with Crippen LogP contribution in [-0.2, 0) is 9.59 Å². The van der Waals surface area contributed by atoms with Crippen LogP contribution in [0.4, 0.5) is 11.4 Å². The van der Waals surface area contributed by atoms with E-state index in [1.807, 2.05) is 82.3 Å². The van der Waals surface area contributed by atoms with Crippen LogP contribution in [-0.4, -0.2) is 29.6 Å². The Kier molecular flexibility index (Phi) is 10.8. The molecule has 1 unspecified atom stereocenters. The van der Waals surface area contributed by atoms with Crippen molar-refractivity contribution < 1.29 is 19.1 Å². The third kappa shape index (κ3) is 9.08. The Morgan fingerprint density at radius 2 is 1.47 bits per heavy atom. The van der Waals surface area contributed by atoms with Crippen LogP contribution in [0, 0.1) is 13.8 Å². The second kappa shape index (κ2) is 14.9. The van der Waals surface area contributed by atoms with Gasteiger partial charge in [0.2, 0.25) is 5.91 Å². The number of aryl methyl sites for hydroxylation is 2. The summed E-state index contributed by atoms with van der Waals surface area (Å²) in [6.07, 6.45) is 1.60. The molecule has 0 aliphatic rings. The molecule has 0 aliphatic carbocycles. The van der Waals surface area contributed by atoms with Gasteiger partial charge in [0, 0.05) is 27.4 Å². The van der Waals surface area contributed by atoms with E-state index in [0.717, 1.165) is 21.7 Å². The van der Waals surface area contributed by atoms with Crippen LogP contribution in [0.1, 0.15) is 40.9 Å². The number of hydrogen-bond acceptors (Lipinski definition) is 5. The van der Waals surface area contributed by atoms with Crippen LogP contribution >= 0.6 is 11.8 Å². The van der Waals surface area contributed by atoms with E-state index >= 15 is 0 Å². The quantitative estimate of drug-likeness (QED) is 0.126. The molecule has 220 valence electrons. The van der Waals surface area contributed by atoms with Gasteiger partial charge in [-0.15, -0.1) is 11.8 Å². The Morgan fingerprint density at radius 3 is 2.14 bits per heavy atom. The number of carbonyl (C=O) groups excluding carboxylic acids is 3. The van der Waals surface area contributed by atoms with Gasteiger partial charge >= 0.3 is 0 Å². The van der Waals surface area contributed by atoms with Gasteiger partial charge in [-0.1, -0.05) is 42.5 Å². The molecule has 0 bridgehead atoms. The fourth-order valence-electron chi connectivity index (χ4n) is 4.35. The van der Waals surface area contributed by atoms with Gasteiger partial charge in [0.25, 0.3) is 11.8 Å². The average molecular weight is 594 g/mol. The minimum Gasteiger partial charge on any atom is -0.493 e. The highest BCUT2D eigenvalue weighted by Gasteiger charge is 2.18. The molecule has 4 aromatic carbocycles. The molecule has 7 nitrogen and oxygen atoms in total. The summed E-state index contributed by atoms with van der Waals surface area (Å²) in [5.41, 5.74) is 4.64. The third-order valence-electron chi connectivity index (χ3n) is 6.33. The molecule has 0 radical (unpaired) electrons. The molecular formula is C35H35N3O4S. The molecule has 4 aromatic rings. The maximum Gasteiger partial charge on any atom is 0.272 e. The fraction of sp³-hybridized carbons (Fsp3) is 0.171. The van der Waals surface area contributed by atoms with Crippen molar-refractivity contribution in [3.8, 4) is 5.75 Å². The number of benzene rings is 4. The fourth-order valence-corrected chi connectivity index (χ4v) is 5.22. The smallest absolute Gasteiger partial charge is 0.272 e. The molecular weight excluding hydrogens is 558 g/mol. The molecule has 0 saturated heterocycles. The van der Waals surface area contributed by atoms with Crippen LogP contribution in [0.5, 0.6) is 5.75 Å². The van der Waals surface area contributed by atoms with Crippen molar-refractivity contribution in [2.75, 3.05) is 17.2 Å². The minimum absolute atomic E-state index is 0.0659. The molecule has 8 heteroatoms. The lowest BCUT2D eigenvalue weighted by molar-refractivity contribution is -0.115. The molecule has 4 rings (SSSR count). The first-order chi connectivity index (χ1) is 20.7. The van der Waals surface area contributed by atoms with Crippen molar-refractivity contribution in [3.05, 3.63) is 125 Å². The molecule has 0 aromatic heterocycles. The second-order valence-corrected chi connectivity index (χ2v) is 11.4. The average Bonchev–Trinajstić information content (AvgIpc) is 2.98. The number of hydrogen-bond donors (Lipinski definition) is 3. The molecule has 0 heterocycles. The number of anilines is 2. The Bertz CT molecular complexity index is 1600. The topological polar surface area (TPSA) is 96.5 Å². The lowest BCUT2D eigenvalue weighted by Crippen LogP contribution is -2.30. The Balaban J connectivity index is 1.46. The lowest BCUT2D eigenvalue weighted by atomic mass is 10.1. The minimum atomic E-state index is -0.489. The first-order valence-corrected chi connectivity index (χ1v) is 14.9. The van der Waals surface area contributed by atoms with E-state index in [1.54, 1.807) is 42.5 Å². The van der Waals surface area contributed by atoms with Crippen LogP contribution < -0.4 is 20.7 Å². The normalized spacial score (nSPS) is 11.8. The highest BCUT2D eigenvalue weighted by Crippen LogP contribution is 2.27. The molecule has 0 saturated carbocycles. The van der Waals surface area contributed by atoms with Gasteiger partial charge in [0.1, 0.15) is 11.4 Å². The van der Waals surface area contributed by atoms with E-state index in [4.69, 9.17) is 4.74 Å². The zero-order chi connectivity index (χ0) is 30.8. The molecule has 43 heavy (non-hydrogen) atoms. The van der Waals surface area contributed by atoms with Crippen molar-refractivity contribution in [1.29, 1.82) is 0 Å². The summed E-state index contributed by atoms with van der Waals surface area (Å²) >= 11 is 1.42. The van der Waals surface area contributed by atoms with Crippen LogP contribution in [0.15, 0.2) is 108 Å². The van der Waals surface area contributed by atoms with E-state index in [2.05, 4.69) is 22.0 Å². The van der Waals surface area contributed by atoms with Gasteiger partial charge in [-0.25, -0.2) is 0 Å². The summed E-state index contributed by atoms with van der Waals surface area (Å²) < 4.78 is 5.71. The van der Waals surface area contributed by atoms with E-state index in [-0.39, 0.29) is 16.9 Å². The number of ether oxygens (including phenoxy) is 1. The third-order valence-corrected chi connectivity index (χ3v) is 7.44. The predicted octanol–water partition coefficient (Wildman–Crippen LogP) is 7.23. The van der Waals surface area contributed by atoms with Crippen molar-refractivity contribution in [1.82, 2.24) is 5.32 Å². The maximum absolute atomic E-state index is 13.4. The van der Waals surface area contributed by atoms with Gasteiger partial charge in [0.05, 0.1) is 11.9 Å². The summed E-state index contributed by atoms with van der Waals surface area (Å²) in [5.74, 6) is -0.391. The number of amides is 3. The largest absolute Gasteiger partial charge is 0.493 e.